The van der Waals surface area contributed by atoms with Crippen molar-refractivity contribution in [3.63, 3.8) is 0 Å². The van der Waals surface area contributed by atoms with Gasteiger partial charge in [0.25, 0.3) is 0 Å². The molecule has 2 heterocycles. The van der Waals surface area contributed by atoms with Gasteiger partial charge in [-0.2, -0.15) is 0 Å². The van der Waals surface area contributed by atoms with Gasteiger partial charge in [-0.1, -0.05) is 11.6 Å². The Labute approximate surface area is 79.2 Å². The summed E-state index contributed by atoms with van der Waals surface area (Å²) in [6.45, 7) is 0. The van der Waals surface area contributed by atoms with Crippen molar-refractivity contribution in [1.29, 1.82) is 0 Å². The van der Waals surface area contributed by atoms with Crippen LogP contribution in [0.5, 0.6) is 0 Å². The first-order valence-electron chi connectivity index (χ1n) is 3.54. The first-order chi connectivity index (χ1) is 6.27. The van der Waals surface area contributed by atoms with Crippen LogP contribution in [0.3, 0.4) is 0 Å². The highest BCUT2D eigenvalue weighted by atomic mass is 35.5. The molecule has 0 saturated carbocycles. The van der Waals surface area contributed by atoms with Crippen LogP contribution < -0.4 is 5.73 Å². The molecular weight excluding hydrogens is 190 g/mol. The van der Waals surface area contributed by atoms with E-state index in [2.05, 4.69) is 15.1 Å². The maximum Gasteiger partial charge on any atom is 0.164 e. The Kier molecular flexibility index (Phi) is 1.86. The molecule has 2 aromatic rings. The summed E-state index contributed by atoms with van der Waals surface area (Å²) in [6, 6.07) is 1.71. The SMILES string of the molecule is Nc1nn(-c2ccncn2)cc1Cl. The minimum Gasteiger partial charge on any atom is -0.381 e. The van der Waals surface area contributed by atoms with Crippen molar-refractivity contribution in [3.05, 3.63) is 29.8 Å². The topological polar surface area (TPSA) is 69.6 Å². The summed E-state index contributed by atoms with van der Waals surface area (Å²) < 4.78 is 1.50. The number of nitrogen functional groups attached to an aromatic ring is 1. The van der Waals surface area contributed by atoms with Crippen molar-refractivity contribution in [1.82, 2.24) is 19.7 Å². The number of nitrogens with two attached hydrogens (primary N) is 1. The highest BCUT2D eigenvalue weighted by molar-refractivity contribution is 6.32. The molecule has 2 rings (SSSR count). The van der Waals surface area contributed by atoms with Crippen LogP contribution in [-0.2, 0) is 0 Å². The molecule has 0 aromatic carbocycles. The molecule has 6 heteroatoms. The second-order valence-electron chi connectivity index (χ2n) is 2.37. The smallest absolute Gasteiger partial charge is 0.164 e. The molecule has 2 aromatic heterocycles. The normalized spacial score (nSPS) is 10.2. The third-order valence-corrected chi connectivity index (χ3v) is 1.79. The monoisotopic (exact) mass is 195 g/mol. The molecule has 0 aliphatic carbocycles. The number of aromatic nitrogens is 4. The van der Waals surface area contributed by atoms with E-state index in [-0.39, 0.29) is 0 Å². The van der Waals surface area contributed by atoms with E-state index in [9.17, 15) is 0 Å². The quantitative estimate of drug-likeness (QED) is 0.734. The Morgan fingerprint density at radius 3 is 2.85 bits per heavy atom. The number of hydrogen-bond donors (Lipinski definition) is 1. The van der Waals surface area contributed by atoms with Crippen molar-refractivity contribution in [3.8, 4) is 5.82 Å². The second kappa shape index (κ2) is 3.02. The Balaban J connectivity index is 2.48. The number of nitrogens with zero attached hydrogens (tertiary/aromatic N) is 4. The predicted molar refractivity (Wildman–Crippen MR) is 48.6 cm³/mol. The lowest BCUT2D eigenvalue weighted by Gasteiger charge is -1.96. The second-order valence-corrected chi connectivity index (χ2v) is 2.78. The van der Waals surface area contributed by atoms with Gasteiger partial charge in [-0.15, -0.1) is 5.10 Å². The fourth-order valence-electron chi connectivity index (χ4n) is 0.903. The summed E-state index contributed by atoms with van der Waals surface area (Å²) in [5.41, 5.74) is 5.47. The Bertz CT molecular complexity index is 391. The van der Waals surface area contributed by atoms with E-state index in [1.54, 1.807) is 18.5 Å². The van der Waals surface area contributed by atoms with Gasteiger partial charge in [-0.3, -0.25) is 0 Å². The molecule has 0 unspecified atom stereocenters. The van der Waals surface area contributed by atoms with Gasteiger partial charge in [0.2, 0.25) is 0 Å². The van der Waals surface area contributed by atoms with Crippen LogP contribution in [0.4, 0.5) is 5.82 Å². The standard InChI is InChI=1S/C7H6ClN5/c8-5-3-13(12-7(5)9)6-1-2-10-4-11-6/h1-4H,(H2,9,12). The van der Waals surface area contributed by atoms with Gasteiger partial charge in [0.05, 0.1) is 6.20 Å². The summed E-state index contributed by atoms with van der Waals surface area (Å²) >= 11 is 5.73. The van der Waals surface area contributed by atoms with Gasteiger partial charge in [0, 0.05) is 12.3 Å². The molecule has 66 valence electrons. The van der Waals surface area contributed by atoms with Crippen molar-refractivity contribution >= 4 is 17.4 Å². The predicted octanol–water partition coefficient (Wildman–Crippen LogP) is 0.898. The molecule has 0 fully saturated rings. The van der Waals surface area contributed by atoms with E-state index in [1.807, 2.05) is 0 Å². The molecule has 0 aliphatic rings. The van der Waals surface area contributed by atoms with Gasteiger partial charge in [-0.25, -0.2) is 14.6 Å². The average Bonchev–Trinajstić information content (AvgIpc) is 2.49. The summed E-state index contributed by atoms with van der Waals surface area (Å²) in [4.78, 5) is 7.76. The third-order valence-electron chi connectivity index (χ3n) is 1.50. The lowest BCUT2D eigenvalue weighted by molar-refractivity contribution is 0.844. The maximum absolute atomic E-state index is 5.73. The van der Waals surface area contributed by atoms with E-state index in [1.165, 1.54) is 11.0 Å². The molecule has 0 aliphatic heterocycles. The van der Waals surface area contributed by atoms with Gasteiger partial charge in [0.1, 0.15) is 11.3 Å². The highest BCUT2D eigenvalue weighted by Gasteiger charge is 2.04. The van der Waals surface area contributed by atoms with Gasteiger partial charge >= 0.3 is 0 Å². The van der Waals surface area contributed by atoms with E-state index >= 15 is 0 Å². The lowest BCUT2D eigenvalue weighted by Crippen LogP contribution is -1.98. The van der Waals surface area contributed by atoms with Gasteiger partial charge in [0.15, 0.2) is 11.6 Å². The first kappa shape index (κ1) is 8.00. The minimum atomic E-state index is 0.292. The van der Waals surface area contributed by atoms with E-state index in [0.29, 0.717) is 16.7 Å². The summed E-state index contributed by atoms with van der Waals surface area (Å²) in [5.74, 6) is 0.925. The van der Waals surface area contributed by atoms with E-state index in [4.69, 9.17) is 17.3 Å². The molecule has 13 heavy (non-hydrogen) atoms. The molecule has 2 N–H and O–H groups in total. The van der Waals surface area contributed by atoms with Crippen LogP contribution in [0.25, 0.3) is 5.82 Å². The molecule has 0 bridgehead atoms. The largest absolute Gasteiger partial charge is 0.381 e. The van der Waals surface area contributed by atoms with Crippen LogP contribution >= 0.6 is 11.6 Å². The van der Waals surface area contributed by atoms with Crippen LogP contribution in [0, 0.1) is 0 Å². The van der Waals surface area contributed by atoms with Crippen molar-refractivity contribution in [2.75, 3.05) is 5.73 Å². The van der Waals surface area contributed by atoms with Crippen molar-refractivity contribution in [2.24, 2.45) is 0 Å². The van der Waals surface area contributed by atoms with E-state index in [0.717, 1.165) is 0 Å². The average molecular weight is 196 g/mol. The van der Waals surface area contributed by atoms with E-state index < -0.39 is 0 Å². The summed E-state index contributed by atoms with van der Waals surface area (Å²) in [5, 5.41) is 4.37. The number of rotatable bonds is 1. The Morgan fingerprint density at radius 2 is 2.31 bits per heavy atom. The van der Waals surface area contributed by atoms with Crippen LogP contribution in [-0.4, -0.2) is 19.7 Å². The van der Waals surface area contributed by atoms with Gasteiger partial charge < -0.3 is 5.73 Å². The molecule has 0 saturated heterocycles. The zero-order chi connectivity index (χ0) is 9.26. The minimum absolute atomic E-state index is 0.292. The molecule has 5 nitrogen and oxygen atoms in total. The van der Waals surface area contributed by atoms with Crippen molar-refractivity contribution in [2.45, 2.75) is 0 Å². The van der Waals surface area contributed by atoms with Crippen LogP contribution in [0.1, 0.15) is 0 Å². The highest BCUT2D eigenvalue weighted by Crippen LogP contribution is 2.16. The zero-order valence-corrected chi connectivity index (χ0v) is 7.31. The van der Waals surface area contributed by atoms with Crippen LogP contribution in [0.15, 0.2) is 24.8 Å². The lowest BCUT2D eigenvalue weighted by atomic mass is 10.6. The molecule has 0 atom stereocenters. The summed E-state index contributed by atoms with van der Waals surface area (Å²) in [6.07, 6.45) is 4.65. The fraction of sp³-hybridized carbons (Fsp3) is 0. The van der Waals surface area contributed by atoms with Crippen LogP contribution in [0.2, 0.25) is 5.02 Å². The number of hydrogen-bond acceptors (Lipinski definition) is 4. The van der Waals surface area contributed by atoms with Gasteiger partial charge in [-0.05, 0) is 0 Å². The van der Waals surface area contributed by atoms with Crippen molar-refractivity contribution < 1.29 is 0 Å². The Morgan fingerprint density at radius 1 is 1.46 bits per heavy atom. The fourth-order valence-corrected chi connectivity index (χ4v) is 1.03. The maximum atomic E-state index is 5.73. The molecule has 0 spiro atoms. The number of anilines is 1. The third kappa shape index (κ3) is 1.46. The summed E-state index contributed by atoms with van der Waals surface area (Å²) in [7, 11) is 0. The molecule has 0 radical (unpaired) electrons. The Hall–Kier alpha value is -1.62. The molecule has 0 amide bonds. The zero-order valence-electron chi connectivity index (χ0n) is 6.55. The first-order valence-corrected chi connectivity index (χ1v) is 3.92. The number of halogens is 1. The molecular formula is C7H6ClN5.